The van der Waals surface area contributed by atoms with Gasteiger partial charge in [0.25, 0.3) is 11.8 Å². The lowest BCUT2D eigenvalue weighted by Gasteiger charge is -2.32. The van der Waals surface area contributed by atoms with Crippen LogP contribution in [-0.4, -0.2) is 92.7 Å². The van der Waals surface area contributed by atoms with Gasteiger partial charge in [-0.05, 0) is 65.9 Å². The predicted molar refractivity (Wildman–Crippen MR) is 289 cm³/mol. The summed E-state index contributed by atoms with van der Waals surface area (Å²) in [6, 6.07) is 35.8. The van der Waals surface area contributed by atoms with E-state index in [0.717, 1.165) is 23.5 Å². The third kappa shape index (κ3) is 17.8. The minimum absolute atomic E-state index is 0.0249. The molecule has 0 aliphatic rings. The van der Waals surface area contributed by atoms with Crippen LogP contribution in [0.25, 0.3) is 11.3 Å². The van der Waals surface area contributed by atoms with Crippen molar-refractivity contribution in [2.24, 2.45) is 5.92 Å². The average molecular weight is 1100 g/mol. The Kier molecular flexibility index (Phi) is 23.2. The second kappa shape index (κ2) is 31.1. The zero-order valence-corrected chi connectivity index (χ0v) is 44.8. The van der Waals surface area contributed by atoms with E-state index in [4.69, 9.17) is 37.7 Å². The molecule has 0 fully saturated rings. The summed E-state index contributed by atoms with van der Waals surface area (Å²) in [6.07, 6.45) is 2.55. The first-order valence-electron chi connectivity index (χ1n) is 25.9. The first kappa shape index (κ1) is 59.8. The first-order chi connectivity index (χ1) is 38.8. The number of hydrogen-bond acceptors (Lipinski definition) is 16. The molecule has 5 aromatic carbocycles. The van der Waals surface area contributed by atoms with Crippen molar-refractivity contribution in [3.8, 4) is 28.6 Å². The Morgan fingerprint density at radius 1 is 0.637 bits per heavy atom. The molecule has 3 N–H and O–H groups in total. The van der Waals surface area contributed by atoms with Crippen LogP contribution in [-0.2, 0) is 62.8 Å². The normalized spacial score (nSPS) is 11.8. The highest BCUT2D eigenvalue weighted by atomic mass is 16.7. The van der Waals surface area contributed by atoms with E-state index < -0.39 is 72.6 Å². The lowest BCUT2D eigenvalue weighted by molar-refractivity contribution is -0.171. The summed E-state index contributed by atoms with van der Waals surface area (Å²) in [4.78, 5) is 113. The number of nitrogens with one attached hydrogen (secondary N) is 3. The number of methoxy groups -OCH3 is 2. The third-order valence-electron chi connectivity index (χ3n) is 12.5. The number of furan rings is 1. The molecule has 80 heavy (non-hydrogen) atoms. The van der Waals surface area contributed by atoms with Crippen molar-refractivity contribution in [1.29, 1.82) is 0 Å². The molecule has 6 rings (SSSR count). The molecule has 3 atom stereocenters. The van der Waals surface area contributed by atoms with E-state index in [2.05, 4.69) is 16.0 Å². The largest absolute Gasteiger partial charge is 0.497 e. The second-order valence-electron chi connectivity index (χ2n) is 18.0. The SMILES string of the molecule is CCCCC[C@@H](C(=O)NCNC(=O)c1ccc(-c2ccc(C(=O)N[C@@H](CC(=O)OCc3ccccc3)C(=O)OCc3ccccc3)c(OCC(=O)OCc3ccccc3)c2)o1)[C@@H](CC)N(C=O)OC(=O)c1ccc(OC)cc1OC. The van der Waals surface area contributed by atoms with Crippen molar-refractivity contribution < 1.29 is 76.0 Å². The summed E-state index contributed by atoms with van der Waals surface area (Å²) in [5.74, 6) is -5.97. The van der Waals surface area contributed by atoms with Crippen molar-refractivity contribution in [3.63, 3.8) is 0 Å². The maximum atomic E-state index is 14.2. The van der Waals surface area contributed by atoms with Crippen LogP contribution < -0.4 is 30.2 Å². The van der Waals surface area contributed by atoms with E-state index in [1.807, 2.05) is 19.1 Å². The van der Waals surface area contributed by atoms with Gasteiger partial charge in [0.1, 0.15) is 54.4 Å². The highest BCUT2D eigenvalue weighted by Gasteiger charge is 2.34. The number of benzene rings is 5. The lowest BCUT2D eigenvalue weighted by Crippen LogP contribution is -2.49. The van der Waals surface area contributed by atoms with Gasteiger partial charge in [0.05, 0.1) is 44.8 Å². The average Bonchev–Trinajstić information content (AvgIpc) is 4.00. The van der Waals surface area contributed by atoms with Gasteiger partial charge in [-0.15, -0.1) is 0 Å². The van der Waals surface area contributed by atoms with Gasteiger partial charge in [0, 0.05) is 11.6 Å². The molecule has 6 aromatic rings. The van der Waals surface area contributed by atoms with Crippen molar-refractivity contribution in [2.75, 3.05) is 27.5 Å². The number of carbonyl (C=O) groups is 8. The topological polar surface area (TPSA) is 254 Å². The van der Waals surface area contributed by atoms with Gasteiger partial charge in [-0.3, -0.25) is 24.0 Å². The van der Waals surface area contributed by atoms with Crippen LogP contribution in [0.4, 0.5) is 0 Å². The van der Waals surface area contributed by atoms with Crippen molar-refractivity contribution >= 4 is 48.0 Å². The van der Waals surface area contributed by atoms with Crippen LogP contribution in [0.3, 0.4) is 0 Å². The standard InChI is InChI=1S/C60H64N4O16/c1-5-7-11-24-45(49(6-2)64(39-65)80-59(71)47-28-26-44(73-3)32-52(47)74-4)56(68)61-38-62-58(70)51-30-29-50(79-51)43-25-27-46(53(31-43)75-37-55(67)77-35-41-20-14-9-15-21-41)57(69)63-48(60(72)78-36-42-22-16-10-17-23-42)33-54(66)76-34-40-18-12-8-13-19-40/h8-10,12-23,25-32,39,45,48-49H,5-7,11,24,33-38H2,1-4H3,(H,61,68)(H,62,70)(H,63,69)/t45-,48+,49-/m1/s1. The molecule has 0 saturated heterocycles. The number of hydrogen-bond donors (Lipinski definition) is 3. The van der Waals surface area contributed by atoms with E-state index in [1.54, 1.807) is 85.8 Å². The molecule has 0 aliphatic heterocycles. The highest BCUT2D eigenvalue weighted by Crippen LogP contribution is 2.31. The van der Waals surface area contributed by atoms with Crippen LogP contribution in [0.2, 0.25) is 0 Å². The molecule has 1 heterocycles. The summed E-state index contributed by atoms with van der Waals surface area (Å²) in [5.41, 5.74) is 2.24. The maximum absolute atomic E-state index is 14.2. The van der Waals surface area contributed by atoms with E-state index in [-0.39, 0.29) is 72.6 Å². The molecule has 0 spiro atoms. The Morgan fingerprint density at radius 3 is 1.86 bits per heavy atom. The first-order valence-corrected chi connectivity index (χ1v) is 25.9. The number of ether oxygens (including phenoxy) is 6. The summed E-state index contributed by atoms with van der Waals surface area (Å²) < 4.78 is 38.8. The number of unbranched alkanes of at least 4 members (excludes halogenated alkanes) is 2. The fraction of sp³-hybridized carbons (Fsp3) is 0.300. The number of carbonyl (C=O) groups excluding carboxylic acids is 8. The third-order valence-corrected chi connectivity index (χ3v) is 12.5. The van der Waals surface area contributed by atoms with Crippen molar-refractivity contribution in [3.05, 3.63) is 173 Å². The number of nitrogens with zero attached hydrogens (tertiary/aromatic N) is 1. The van der Waals surface area contributed by atoms with Gasteiger partial charge < -0.3 is 53.6 Å². The number of rotatable bonds is 31. The van der Waals surface area contributed by atoms with E-state index >= 15 is 0 Å². The zero-order valence-electron chi connectivity index (χ0n) is 44.8. The molecule has 0 radical (unpaired) electrons. The molecule has 4 amide bonds. The van der Waals surface area contributed by atoms with Crippen LogP contribution in [0.15, 0.2) is 144 Å². The van der Waals surface area contributed by atoms with E-state index in [9.17, 15) is 38.4 Å². The smallest absolute Gasteiger partial charge is 0.366 e. The Labute approximate surface area is 462 Å². The van der Waals surface area contributed by atoms with Crippen molar-refractivity contribution in [2.45, 2.75) is 84.3 Å². The van der Waals surface area contributed by atoms with Gasteiger partial charge in [0.2, 0.25) is 12.3 Å². The van der Waals surface area contributed by atoms with E-state index in [0.29, 0.717) is 36.1 Å². The van der Waals surface area contributed by atoms with Crippen LogP contribution in [0.5, 0.6) is 17.2 Å². The molecule has 0 unspecified atom stereocenters. The number of esters is 3. The molecule has 20 nitrogen and oxygen atoms in total. The van der Waals surface area contributed by atoms with Gasteiger partial charge in [-0.25, -0.2) is 14.4 Å². The molecule has 0 bridgehead atoms. The predicted octanol–water partition coefficient (Wildman–Crippen LogP) is 8.07. The van der Waals surface area contributed by atoms with Crippen LogP contribution in [0, 0.1) is 5.92 Å². The maximum Gasteiger partial charge on any atom is 0.366 e. The Bertz CT molecular complexity index is 3020. The summed E-state index contributed by atoms with van der Waals surface area (Å²) in [5, 5.41) is 8.71. The summed E-state index contributed by atoms with van der Waals surface area (Å²) in [6.45, 7) is 2.45. The van der Waals surface area contributed by atoms with Gasteiger partial charge >= 0.3 is 23.9 Å². The van der Waals surface area contributed by atoms with Gasteiger partial charge in [-0.1, -0.05) is 130 Å². The molecule has 20 heteroatoms. The van der Waals surface area contributed by atoms with Crippen LogP contribution >= 0.6 is 0 Å². The van der Waals surface area contributed by atoms with Crippen LogP contribution in [0.1, 0.15) is 100 Å². The van der Waals surface area contributed by atoms with Gasteiger partial charge in [-0.2, -0.15) is 5.06 Å². The second-order valence-corrected chi connectivity index (χ2v) is 18.0. The minimum Gasteiger partial charge on any atom is -0.497 e. The number of amides is 4. The summed E-state index contributed by atoms with van der Waals surface area (Å²) >= 11 is 0. The lowest BCUT2D eigenvalue weighted by atomic mass is 9.90. The zero-order chi connectivity index (χ0) is 57.2. The van der Waals surface area contributed by atoms with Crippen molar-refractivity contribution in [1.82, 2.24) is 21.0 Å². The highest BCUT2D eigenvalue weighted by molar-refractivity contribution is 6.00. The Morgan fingerprint density at radius 2 is 1.26 bits per heavy atom. The molecule has 0 saturated carbocycles. The molecular formula is C60H64N4O16. The Balaban J connectivity index is 1.16. The fourth-order valence-electron chi connectivity index (χ4n) is 8.20. The quantitative estimate of drug-likeness (QED) is 0.00929. The molecular weight excluding hydrogens is 1030 g/mol. The molecule has 420 valence electrons. The fourth-order valence-corrected chi connectivity index (χ4v) is 8.20. The summed E-state index contributed by atoms with van der Waals surface area (Å²) in [7, 11) is 2.83. The number of hydroxylamine groups is 2. The van der Waals surface area contributed by atoms with E-state index in [1.165, 1.54) is 62.8 Å². The monoisotopic (exact) mass is 1100 g/mol. The minimum atomic E-state index is -1.53. The van der Waals surface area contributed by atoms with Gasteiger partial charge in [0.15, 0.2) is 12.4 Å². The molecule has 0 aliphatic carbocycles. The molecule has 1 aromatic heterocycles. The Hall–Kier alpha value is -9.46.